The van der Waals surface area contributed by atoms with Crippen molar-refractivity contribution in [2.75, 3.05) is 6.54 Å². The van der Waals surface area contributed by atoms with Gasteiger partial charge in [0.1, 0.15) is 6.04 Å². The van der Waals surface area contributed by atoms with Crippen molar-refractivity contribution in [1.29, 1.82) is 0 Å². The number of hydrogen-bond donors (Lipinski definition) is 3. The minimum absolute atomic E-state index is 0.396. The average molecular weight is 282 g/mol. The average Bonchev–Trinajstić information content (AvgIpc) is 2.80. The van der Waals surface area contributed by atoms with E-state index in [-0.39, 0.29) is 0 Å². The van der Waals surface area contributed by atoms with Gasteiger partial charge in [0.2, 0.25) is 0 Å². The first-order valence-electron chi connectivity index (χ1n) is 6.79. The van der Waals surface area contributed by atoms with E-state index < -0.39 is 18.0 Å². The predicted molar refractivity (Wildman–Crippen MR) is 74.4 cm³/mol. The number of nitrogens with zero attached hydrogens (tertiary/aromatic N) is 2. The van der Waals surface area contributed by atoms with Crippen LogP contribution in [0.1, 0.15) is 31.7 Å². The Labute approximate surface area is 118 Å². The normalized spacial score (nSPS) is 11.9. The molecule has 0 saturated heterocycles. The van der Waals surface area contributed by atoms with Crippen molar-refractivity contribution >= 4 is 12.0 Å². The lowest BCUT2D eigenvalue weighted by Gasteiger charge is -2.14. The first kappa shape index (κ1) is 16.0. The highest BCUT2D eigenvalue weighted by molar-refractivity contribution is 5.82. The van der Waals surface area contributed by atoms with E-state index in [4.69, 9.17) is 5.11 Å². The number of aromatic nitrogens is 2. The van der Waals surface area contributed by atoms with Gasteiger partial charge in [0.25, 0.3) is 0 Å². The maximum atomic E-state index is 11.6. The van der Waals surface area contributed by atoms with Crippen LogP contribution in [0.5, 0.6) is 0 Å². The molecular formula is C13H22N4O3. The number of hydrogen-bond acceptors (Lipinski definition) is 3. The summed E-state index contributed by atoms with van der Waals surface area (Å²) < 4.78 is 1.72. The molecule has 1 atom stereocenters. The van der Waals surface area contributed by atoms with Crippen LogP contribution in [0.2, 0.25) is 0 Å². The van der Waals surface area contributed by atoms with Crippen LogP contribution in [0.4, 0.5) is 4.79 Å². The smallest absolute Gasteiger partial charge is 0.326 e. The summed E-state index contributed by atoms with van der Waals surface area (Å²) in [4.78, 5) is 22.6. The summed E-state index contributed by atoms with van der Waals surface area (Å²) in [6.45, 7) is 4.86. The lowest BCUT2D eigenvalue weighted by molar-refractivity contribution is -0.139. The Hall–Kier alpha value is -2.05. The zero-order valence-electron chi connectivity index (χ0n) is 11.9. The minimum Gasteiger partial charge on any atom is -0.480 e. The number of carboxylic acids is 1. The monoisotopic (exact) mass is 282 g/mol. The number of urea groups is 1. The molecule has 7 heteroatoms. The maximum Gasteiger partial charge on any atom is 0.326 e. The van der Waals surface area contributed by atoms with E-state index >= 15 is 0 Å². The highest BCUT2D eigenvalue weighted by atomic mass is 16.4. The molecule has 1 aromatic rings. The van der Waals surface area contributed by atoms with E-state index in [0.717, 1.165) is 18.4 Å². The van der Waals surface area contributed by atoms with Crippen molar-refractivity contribution in [1.82, 2.24) is 20.4 Å². The van der Waals surface area contributed by atoms with Gasteiger partial charge in [-0.2, -0.15) is 5.10 Å². The number of carbonyl (C=O) groups is 2. The Morgan fingerprint density at radius 2 is 2.25 bits per heavy atom. The Morgan fingerprint density at radius 1 is 1.50 bits per heavy atom. The fourth-order valence-corrected chi connectivity index (χ4v) is 1.75. The SMILES string of the molecule is CCCC[C@H](NC(=O)NCCn1cc(C)cn1)C(=O)O. The van der Waals surface area contributed by atoms with Gasteiger partial charge in [0.15, 0.2) is 0 Å². The molecule has 0 aliphatic heterocycles. The quantitative estimate of drug-likeness (QED) is 0.666. The van der Waals surface area contributed by atoms with Gasteiger partial charge in [-0.15, -0.1) is 0 Å². The first-order valence-corrected chi connectivity index (χ1v) is 6.79. The maximum absolute atomic E-state index is 11.6. The molecule has 0 spiro atoms. The first-order chi connectivity index (χ1) is 9.52. The van der Waals surface area contributed by atoms with Crippen LogP contribution < -0.4 is 10.6 Å². The predicted octanol–water partition coefficient (Wildman–Crippen LogP) is 1.13. The molecule has 20 heavy (non-hydrogen) atoms. The number of rotatable bonds is 8. The van der Waals surface area contributed by atoms with E-state index in [1.54, 1.807) is 10.9 Å². The largest absolute Gasteiger partial charge is 0.480 e. The van der Waals surface area contributed by atoms with Gasteiger partial charge in [0.05, 0.1) is 12.7 Å². The van der Waals surface area contributed by atoms with Gasteiger partial charge in [-0.05, 0) is 18.9 Å². The molecule has 1 heterocycles. The molecule has 7 nitrogen and oxygen atoms in total. The number of unbranched alkanes of at least 4 members (excludes halogenated alkanes) is 1. The number of carboxylic acid groups (broad SMARTS) is 1. The lowest BCUT2D eigenvalue weighted by Crippen LogP contribution is -2.46. The molecule has 0 bridgehead atoms. The second kappa shape index (κ2) is 8.19. The molecule has 2 amide bonds. The second-order valence-electron chi connectivity index (χ2n) is 4.71. The molecule has 1 aromatic heterocycles. The summed E-state index contributed by atoms with van der Waals surface area (Å²) in [6, 6.07) is -1.29. The van der Waals surface area contributed by atoms with Crippen molar-refractivity contribution in [2.24, 2.45) is 0 Å². The van der Waals surface area contributed by atoms with Crippen molar-refractivity contribution in [3.05, 3.63) is 18.0 Å². The lowest BCUT2D eigenvalue weighted by atomic mass is 10.1. The van der Waals surface area contributed by atoms with E-state index in [1.165, 1.54) is 0 Å². The summed E-state index contributed by atoms with van der Waals surface area (Å²) in [5, 5.41) is 18.2. The van der Waals surface area contributed by atoms with Gasteiger partial charge in [-0.3, -0.25) is 4.68 Å². The van der Waals surface area contributed by atoms with Gasteiger partial charge in [-0.1, -0.05) is 19.8 Å². The van der Waals surface area contributed by atoms with Gasteiger partial charge >= 0.3 is 12.0 Å². The third-order valence-electron chi connectivity index (χ3n) is 2.84. The third-order valence-corrected chi connectivity index (χ3v) is 2.84. The number of nitrogens with one attached hydrogen (secondary N) is 2. The number of aryl methyl sites for hydroxylation is 1. The van der Waals surface area contributed by atoms with E-state index in [0.29, 0.717) is 19.5 Å². The Balaban J connectivity index is 2.28. The summed E-state index contributed by atoms with van der Waals surface area (Å²) in [7, 11) is 0. The highest BCUT2D eigenvalue weighted by Crippen LogP contribution is 2.00. The molecule has 1 rings (SSSR count). The topological polar surface area (TPSA) is 96.3 Å². The second-order valence-corrected chi connectivity index (χ2v) is 4.71. The number of aliphatic carboxylic acids is 1. The zero-order valence-corrected chi connectivity index (χ0v) is 11.9. The summed E-state index contributed by atoms with van der Waals surface area (Å²) >= 11 is 0. The zero-order chi connectivity index (χ0) is 15.0. The van der Waals surface area contributed by atoms with Crippen LogP contribution in [-0.2, 0) is 11.3 Å². The van der Waals surface area contributed by atoms with Crippen molar-refractivity contribution in [2.45, 2.75) is 45.7 Å². The summed E-state index contributed by atoms with van der Waals surface area (Å²) in [5.41, 5.74) is 1.06. The number of amides is 2. The summed E-state index contributed by atoms with van der Waals surface area (Å²) in [6.07, 6.45) is 5.72. The van der Waals surface area contributed by atoms with Gasteiger partial charge < -0.3 is 15.7 Å². The molecule has 0 aliphatic rings. The Morgan fingerprint density at radius 3 is 2.80 bits per heavy atom. The third kappa shape index (κ3) is 5.73. The molecule has 0 radical (unpaired) electrons. The minimum atomic E-state index is -1.00. The van der Waals surface area contributed by atoms with Crippen LogP contribution in [0.15, 0.2) is 12.4 Å². The van der Waals surface area contributed by atoms with Gasteiger partial charge in [0, 0.05) is 12.7 Å². The van der Waals surface area contributed by atoms with Crippen molar-refractivity contribution in [3.63, 3.8) is 0 Å². The van der Waals surface area contributed by atoms with Crippen LogP contribution in [0, 0.1) is 6.92 Å². The molecule has 0 unspecified atom stereocenters. The van der Waals surface area contributed by atoms with Crippen molar-refractivity contribution < 1.29 is 14.7 Å². The van der Waals surface area contributed by atoms with Crippen molar-refractivity contribution in [3.8, 4) is 0 Å². The van der Waals surface area contributed by atoms with Crippen LogP contribution in [0.25, 0.3) is 0 Å². The summed E-state index contributed by atoms with van der Waals surface area (Å²) in [5.74, 6) is -1.00. The molecular weight excluding hydrogens is 260 g/mol. The molecule has 3 N–H and O–H groups in total. The molecule has 0 aromatic carbocycles. The fraction of sp³-hybridized carbons (Fsp3) is 0.615. The van der Waals surface area contributed by atoms with E-state index in [2.05, 4.69) is 15.7 Å². The standard InChI is InChI=1S/C13H22N4O3/c1-3-4-5-11(12(18)19)16-13(20)14-6-7-17-9-10(2)8-15-17/h8-9,11H,3-7H2,1-2H3,(H,18,19)(H2,14,16,20)/t11-/m0/s1. The molecule has 112 valence electrons. The van der Waals surface area contributed by atoms with Crippen LogP contribution in [-0.4, -0.2) is 39.5 Å². The van der Waals surface area contributed by atoms with Gasteiger partial charge in [-0.25, -0.2) is 9.59 Å². The molecule has 0 saturated carbocycles. The van der Waals surface area contributed by atoms with E-state index in [1.807, 2.05) is 20.0 Å². The Kier molecular flexibility index (Phi) is 6.55. The molecule has 0 fully saturated rings. The Bertz CT molecular complexity index is 445. The molecule has 0 aliphatic carbocycles. The highest BCUT2D eigenvalue weighted by Gasteiger charge is 2.18. The fourth-order valence-electron chi connectivity index (χ4n) is 1.75. The number of carbonyl (C=O) groups excluding carboxylic acids is 1. The van der Waals surface area contributed by atoms with E-state index in [9.17, 15) is 9.59 Å². The van der Waals surface area contributed by atoms with Crippen LogP contribution in [0.3, 0.4) is 0 Å². The van der Waals surface area contributed by atoms with Crippen LogP contribution >= 0.6 is 0 Å².